The maximum atomic E-state index is 13.9. The van der Waals surface area contributed by atoms with Gasteiger partial charge in [-0.3, -0.25) is 4.79 Å². The first kappa shape index (κ1) is 19.2. The fraction of sp³-hybridized carbons (Fsp3) is 0.222. The maximum Gasteiger partial charge on any atom is 0.340 e. The number of esters is 1. The molecule has 0 aliphatic rings. The van der Waals surface area contributed by atoms with E-state index in [4.69, 9.17) is 9.47 Å². The van der Waals surface area contributed by atoms with Crippen LogP contribution in [0.2, 0.25) is 0 Å². The van der Waals surface area contributed by atoms with Crippen LogP contribution in [0.25, 0.3) is 0 Å². The van der Waals surface area contributed by atoms with E-state index in [0.717, 1.165) is 13.2 Å². The Balaban J connectivity index is 2.31. The number of ether oxygens (including phenoxy) is 3. The number of amides is 1. The Bertz CT molecular complexity index is 839. The molecule has 0 atom stereocenters. The van der Waals surface area contributed by atoms with Gasteiger partial charge in [0.2, 0.25) is 0 Å². The van der Waals surface area contributed by atoms with Gasteiger partial charge >= 0.3 is 5.97 Å². The van der Waals surface area contributed by atoms with Gasteiger partial charge < -0.3 is 19.5 Å². The number of anilines is 1. The molecule has 0 aliphatic heterocycles. The van der Waals surface area contributed by atoms with Crippen molar-refractivity contribution in [1.29, 1.82) is 0 Å². The van der Waals surface area contributed by atoms with Crippen molar-refractivity contribution in [3.05, 3.63) is 53.1 Å². The highest BCUT2D eigenvalue weighted by atomic mass is 19.1. The minimum Gasteiger partial charge on any atom is -0.493 e. The number of hydrogen-bond acceptors (Lipinski definition) is 5. The summed E-state index contributed by atoms with van der Waals surface area (Å²) in [5, 5.41) is 2.29. The van der Waals surface area contributed by atoms with Gasteiger partial charge in [0.1, 0.15) is 11.6 Å². The molecule has 2 rings (SSSR count). The van der Waals surface area contributed by atoms with E-state index in [9.17, 15) is 18.4 Å². The molecule has 0 aromatic heterocycles. The number of rotatable bonds is 6. The second kappa shape index (κ2) is 8.28. The van der Waals surface area contributed by atoms with Gasteiger partial charge in [-0.25, -0.2) is 13.6 Å². The molecule has 0 spiro atoms. The van der Waals surface area contributed by atoms with Crippen molar-refractivity contribution in [1.82, 2.24) is 0 Å². The van der Waals surface area contributed by atoms with E-state index in [-0.39, 0.29) is 11.3 Å². The zero-order chi connectivity index (χ0) is 19.3. The molecule has 0 saturated heterocycles. The molecule has 2 aromatic carbocycles. The highest BCUT2D eigenvalue weighted by Crippen LogP contribution is 2.29. The fourth-order valence-corrected chi connectivity index (χ4v) is 2.19. The molecule has 1 N–H and O–H groups in total. The number of methoxy groups -OCH3 is 2. The van der Waals surface area contributed by atoms with Gasteiger partial charge in [0.15, 0.2) is 11.5 Å². The lowest BCUT2D eigenvalue weighted by Gasteiger charge is -2.12. The summed E-state index contributed by atoms with van der Waals surface area (Å²) in [6, 6.07) is 5.80. The molecule has 0 unspecified atom stereocenters. The summed E-state index contributed by atoms with van der Waals surface area (Å²) in [5.41, 5.74) is -0.688. The van der Waals surface area contributed by atoms with Crippen LogP contribution in [0.4, 0.5) is 14.5 Å². The molecule has 0 bridgehead atoms. The summed E-state index contributed by atoms with van der Waals surface area (Å²) in [5.74, 6) is -2.99. The molecule has 6 nitrogen and oxygen atoms in total. The second-order valence-electron chi connectivity index (χ2n) is 5.06. The molecule has 0 radical (unpaired) electrons. The normalized spacial score (nSPS) is 10.2. The van der Waals surface area contributed by atoms with E-state index in [1.165, 1.54) is 25.3 Å². The molecule has 8 heteroatoms. The summed E-state index contributed by atoms with van der Waals surface area (Å²) in [6.07, 6.45) is 0. The van der Waals surface area contributed by atoms with Gasteiger partial charge in [-0.2, -0.15) is 0 Å². The van der Waals surface area contributed by atoms with E-state index in [0.29, 0.717) is 24.2 Å². The molecule has 26 heavy (non-hydrogen) atoms. The lowest BCUT2D eigenvalue weighted by Crippen LogP contribution is -2.15. The van der Waals surface area contributed by atoms with Crippen LogP contribution in [0.3, 0.4) is 0 Å². The molecular formula is C18H17F2NO5. The highest BCUT2D eigenvalue weighted by Gasteiger charge is 2.19. The zero-order valence-corrected chi connectivity index (χ0v) is 14.4. The summed E-state index contributed by atoms with van der Waals surface area (Å²) in [4.78, 5) is 23.9. The average Bonchev–Trinajstić information content (AvgIpc) is 2.63. The number of carbonyl (C=O) groups is 2. The highest BCUT2D eigenvalue weighted by molar-refractivity contribution is 6.05. The predicted molar refractivity (Wildman–Crippen MR) is 89.8 cm³/mol. The van der Waals surface area contributed by atoms with E-state index in [1.54, 1.807) is 6.92 Å². The molecule has 2 aromatic rings. The minimum atomic E-state index is -1.09. The summed E-state index contributed by atoms with van der Waals surface area (Å²) < 4.78 is 42.5. The fourth-order valence-electron chi connectivity index (χ4n) is 2.19. The van der Waals surface area contributed by atoms with Crippen molar-refractivity contribution in [2.75, 3.05) is 26.1 Å². The molecule has 138 valence electrons. The van der Waals surface area contributed by atoms with Crippen LogP contribution < -0.4 is 14.8 Å². The van der Waals surface area contributed by atoms with Gasteiger partial charge in [-0.1, -0.05) is 0 Å². The molecule has 0 aliphatic carbocycles. The average molecular weight is 365 g/mol. The van der Waals surface area contributed by atoms with E-state index in [2.05, 4.69) is 10.1 Å². The topological polar surface area (TPSA) is 73.9 Å². The van der Waals surface area contributed by atoms with Crippen molar-refractivity contribution in [3.63, 3.8) is 0 Å². The number of carbonyl (C=O) groups excluding carboxylic acids is 2. The summed E-state index contributed by atoms with van der Waals surface area (Å²) in [6.45, 7) is 2.22. The van der Waals surface area contributed by atoms with Crippen molar-refractivity contribution >= 4 is 17.6 Å². The third kappa shape index (κ3) is 4.08. The van der Waals surface area contributed by atoms with Crippen molar-refractivity contribution in [3.8, 4) is 11.5 Å². The van der Waals surface area contributed by atoms with Crippen LogP contribution in [-0.4, -0.2) is 32.7 Å². The van der Waals surface area contributed by atoms with E-state index in [1.807, 2.05) is 0 Å². The lowest BCUT2D eigenvalue weighted by molar-refractivity contribution is 0.0595. The zero-order valence-electron chi connectivity index (χ0n) is 14.4. The Labute approximate surface area is 148 Å². The first-order valence-corrected chi connectivity index (χ1v) is 7.60. The Kier molecular flexibility index (Phi) is 6.11. The second-order valence-corrected chi connectivity index (χ2v) is 5.06. The van der Waals surface area contributed by atoms with Gasteiger partial charge in [-0.05, 0) is 31.2 Å². The van der Waals surface area contributed by atoms with Crippen LogP contribution in [0.15, 0.2) is 30.3 Å². The van der Waals surface area contributed by atoms with Gasteiger partial charge in [0.25, 0.3) is 5.91 Å². The third-order valence-corrected chi connectivity index (χ3v) is 3.44. The molecule has 1 amide bonds. The molecule has 0 heterocycles. The van der Waals surface area contributed by atoms with Crippen LogP contribution in [-0.2, 0) is 4.74 Å². The van der Waals surface area contributed by atoms with E-state index >= 15 is 0 Å². The van der Waals surface area contributed by atoms with Crippen LogP contribution >= 0.6 is 0 Å². The summed E-state index contributed by atoms with van der Waals surface area (Å²) >= 11 is 0. The van der Waals surface area contributed by atoms with Gasteiger partial charge in [0, 0.05) is 11.6 Å². The monoisotopic (exact) mass is 365 g/mol. The smallest absolute Gasteiger partial charge is 0.340 e. The largest absolute Gasteiger partial charge is 0.493 e. The van der Waals surface area contributed by atoms with E-state index < -0.39 is 29.1 Å². The number of hydrogen-bond donors (Lipinski definition) is 1. The Morgan fingerprint density at radius 1 is 1.04 bits per heavy atom. The Morgan fingerprint density at radius 3 is 2.38 bits per heavy atom. The number of nitrogens with one attached hydrogen (secondary N) is 1. The molecular weight excluding hydrogens is 348 g/mol. The molecule has 0 saturated carbocycles. The number of benzene rings is 2. The van der Waals surface area contributed by atoms with Crippen molar-refractivity contribution in [2.45, 2.75) is 6.92 Å². The predicted octanol–water partition coefficient (Wildman–Crippen LogP) is 3.41. The van der Waals surface area contributed by atoms with Crippen LogP contribution in [0.5, 0.6) is 11.5 Å². The Hall–Kier alpha value is -3.16. The standard InChI is InChI=1S/C18H17F2NO5/c1-4-26-15-6-5-10(7-16(15)24-2)17(22)21-14-8-11(18(23)25-3)12(19)9-13(14)20/h5-9H,4H2,1-3H3,(H,21,22). The third-order valence-electron chi connectivity index (χ3n) is 3.44. The van der Waals surface area contributed by atoms with Gasteiger partial charge in [-0.15, -0.1) is 0 Å². The van der Waals surface area contributed by atoms with Crippen LogP contribution in [0.1, 0.15) is 27.6 Å². The lowest BCUT2D eigenvalue weighted by atomic mass is 10.1. The van der Waals surface area contributed by atoms with Crippen LogP contribution in [0, 0.1) is 11.6 Å². The number of halogens is 2. The first-order chi connectivity index (χ1) is 12.4. The SMILES string of the molecule is CCOc1ccc(C(=O)Nc2cc(C(=O)OC)c(F)cc2F)cc1OC. The van der Waals surface area contributed by atoms with Crippen molar-refractivity contribution in [2.24, 2.45) is 0 Å². The quantitative estimate of drug-likeness (QED) is 0.794. The minimum absolute atomic E-state index is 0.161. The molecule has 0 fully saturated rings. The summed E-state index contributed by atoms with van der Waals surface area (Å²) in [7, 11) is 2.48. The Morgan fingerprint density at radius 2 is 1.77 bits per heavy atom. The van der Waals surface area contributed by atoms with Gasteiger partial charge in [0.05, 0.1) is 32.1 Å². The maximum absolute atomic E-state index is 13.9. The first-order valence-electron chi connectivity index (χ1n) is 7.60. The van der Waals surface area contributed by atoms with Crippen molar-refractivity contribution < 1.29 is 32.6 Å².